The first kappa shape index (κ1) is 18.6. The number of amides is 1. The third-order valence-corrected chi connectivity index (χ3v) is 6.46. The van der Waals surface area contributed by atoms with Crippen LogP contribution in [0.4, 0.5) is 5.69 Å². The maximum Gasteiger partial charge on any atom is 0.239 e. The Hall–Kier alpha value is -3.46. The minimum atomic E-state index is -0.801. The molecule has 1 spiro atoms. The first-order valence-corrected chi connectivity index (χ1v) is 10.4. The molecule has 30 heavy (non-hydrogen) atoms. The molecule has 3 heteroatoms. The molecule has 5 rings (SSSR count). The number of para-hydroxylation sites is 1. The molecule has 1 aliphatic carbocycles. The van der Waals surface area contributed by atoms with Crippen LogP contribution in [0.3, 0.4) is 0 Å². The van der Waals surface area contributed by atoms with Crippen molar-refractivity contribution in [3.05, 3.63) is 108 Å². The predicted molar refractivity (Wildman–Crippen MR) is 119 cm³/mol. The van der Waals surface area contributed by atoms with E-state index in [-0.39, 0.29) is 23.5 Å². The van der Waals surface area contributed by atoms with E-state index in [1.165, 1.54) is 0 Å². The summed E-state index contributed by atoms with van der Waals surface area (Å²) in [6.45, 7) is 2.58. The molecular weight excluding hydrogens is 370 g/mol. The van der Waals surface area contributed by atoms with Gasteiger partial charge >= 0.3 is 0 Å². The molecule has 3 aromatic carbocycles. The maximum atomic E-state index is 13.7. The number of nitrogens with zero attached hydrogens (tertiary/aromatic N) is 1. The van der Waals surface area contributed by atoms with Crippen molar-refractivity contribution < 1.29 is 9.59 Å². The first-order chi connectivity index (χ1) is 14.7. The van der Waals surface area contributed by atoms with Crippen LogP contribution < -0.4 is 4.90 Å². The molecule has 0 bridgehead atoms. The van der Waals surface area contributed by atoms with Crippen molar-refractivity contribution in [3.63, 3.8) is 0 Å². The van der Waals surface area contributed by atoms with Crippen molar-refractivity contribution >= 4 is 23.5 Å². The summed E-state index contributed by atoms with van der Waals surface area (Å²) in [6.07, 6.45) is 4.10. The fourth-order valence-corrected chi connectivity index (χ4v) is 5.05. The van der Waals surface area contributed by atoms with Gasteiger partial charge in [-0.05, 0) is 24.1 Å². The molecule has 1 heterocycles. The van der Waals surface area contributed by atoms with Gasteiger partial charge in [-0.15, -0.1) is 0 Å². The molecular formula is C27H23NO2. The van der Waals surface area contributed by atoms with Crippen LogP contribution in [0.15, 0.2) is 91.0 Å². The average Bonchev–Trinajstić information content (AvgIpc) is 3.41. The lowest BCUT2D eigenvalue weighted by atomic mass is 9.91. The summed E-state index contributed by atoms with van der Waals surface area (Å²) in [5.74, 6) is -0.455. The zero-order chi connectivity index (χ0) is 20.7. The zero-order valence-corrected chi connectivity index (χ0v) is 16.9. The Morgan fingerprint density at radius 3 is 2.27 bits per heavy atom. The number of rotatable bonds is 5. The van der Waals surface area contributed by atoms with Gasteiger partial charge in [0.2, 0.25) is 5.91 Å². The minimum Gasteiger partial charge on any atom is -0.312 e. The van der Waals surface area contributed by atoms with Crippen LogP contribution in [0.1, 0.15) is 28.4 Å². The summed E-state index contributed by atoms with van der Waals surface area (Å²) in [5, 5.41) is 0. The Bertz CT molecular complexity index is 1140. The lowest BCUT2D eigenvalue weighted by Gasteiger charge is -2.15. The number of likely N-dealkylation sites (N-methyl/N-ethyl adjacent to an activating group) is 1. The van der Waals surface area contributed by atoms with Crippen LogP contribution >= 0.6 is 0 Å². The van der Waals surface area contributed by atoms with Crippen molar-refractivity contribution in [2.75, 3.05) is 11.4 Å². The van der Waals surface area contributed by atoms with E-state index in [4.69, 9.17) is 0 Å². The van der Waals surface area contributed by atoms with E-state index in [0.29, 0.717) is 12.1 Å². The second-order valence-corrected chi connectivity index (χ2v) is 7.94. The summed E-state index contributed by atoms with van der Waals surface area (Å²) in [6, 6.07) is 27.3. The van der Waals surface area contributed by atoms with Crippen LogP contribution in [0, 0.1) is 11.8 Å². The number of anilines is 1. The Morgan fingerprint density at radius 1 is 0.933 bits per heavy atom. The third kappa shape index (κ3) is 2.58. The summed E-state index contributed by atoms with van der Waals surface area (Å²) in [7, 11) is 0. The predicted octanol–water partition coefficient (Wildman–Crippen LogP) is 5.13. The first-order valence-electron chi connectivity index (χ1n) is 10.4. The highest BCUT2D eigenvalue weighted by Crippen LogP contribution is 2.67. The molecule has 3 aromatic rings. The van der Waals surface area contributed by atoms with Crippen LogP contribution in [-0.2, 0) is 10.2 Å². The Kier molecular flexibility index (Phi) is 4.39. The van der Waals surface area contributed by atoms with Crippen molar-refractivity contribution in [2.24, 2.45) is 11.8 Å². The summed E-state index contributed by atoms with van der Waals surface area (Å²) >= 11 is 0. The second-order valence-electron chi connectivity index (χ2n) is 7.94. The van der Waals surface area contributed by atoms with Gasteiger partial charge in [0.05, 0.1) is 5.41 Å². The molecule has 0 aromatic heterocycles. The van der Waals surface area contributed by atoms with Gasteiger partial charge in [0, 0.05) is 29.6 Å². The molecule has 148 valence electrons. The van der Waals surface area contributed by atoms with Crippen molar-refractivity contribution in [1.29, 1.82) is 0 Å². The van der Waals surface area contributed by atoms with Crippen LogP contribution in [0.25, 0.3) is 6.08 Å². The maximum absolute atomic E-state index is 13.7. The average molecular weight is 393 g/mol. The van der Waals surface area contributed by atoms with Gasteiger partial charge in [0.15, 0.2) is 5.78 Å². The van der Waals surface area contributed by atoms with Crippen LogP contribution in [0.5, 0.6) is 0 Å². The number of allylic oxidation sites excluding steroid dienone is 1. The Labute approximate surface area is 176 Å². The molecule has 3 atom stereocenters. The second kappa shape index (κ2) is 7.10. The highest BCUT2D eigenvalue weighted by Gasteiger charge is 2.75. The molecule has 1 saturated carbocycles. The monoisotopic (exact) mass is 393 g/mol. The number of hydrogen-bond donors (Lipinski definition) is 0. The molecule has 1 aliphatic heterocycles. The number of ketones is 1. The Morgan fingerprint density at radius 2 is 1.57 bits per heavy atom. The van der Waals surface area contributed by atoms with E-state index >= 15 is 0 Å². The fourth-order valence-electron chi connectivity index (χ4n) is 5.05. The molecule has 2 aliphatic rings. The summed E-state index contributed by atoms with van der Waals surface area (Å²) in [4.78, 5) is 29.1. The number of Topliss-reactive ketones (excluding diaryl/α,β-unsaturated/α-hetero) is 1. The number of hydrogen-bond acceptors (Lipinski definition) is 2. The SMILES string of the molecule is CCN1C(=O)C2(c3ccccc31)[C@@H](/C=C/c1ccccc1)[C@@H]2C(=O)c1ccccc1. The lowest BCUT2D eigenvalue weighted by Crippen LogP contribution is -2.34. The van der Waals surface area contributed by atoms with Crippen LogP contribution in [-0.4, -0.2) is 18.2 Å². The number of carbonyl (C=O) groups is 2. The molecule has 1 fully saturated rings. The third-order valence-electron chi connectivity index (χ3n) is 6.46. The van der Waals surface area contributed by atoms with E-state index in [1.807, 2.05) is 103 Å². The quantitative estimate of drug-likeness (QED) is 0.563. The molecule has 1 amide bonds. The van der Waals surface area contributed by atoms with Gasteiger partial charge in [0.25, 0.3) is 0 Å². The number of fused-ring (bicyclic) bond motifs is 2. The smallest absolute Gasteiger partial charge is 0.239 e. The topological polar surface area (TPSA) is 37.4 Å². The standard InChI is InChI=1S/C27H23NO2/c1-2-28-23-16-10-9-15-21(23)27(26(28)30)22(18-17-19-11-5-3-6-12-19)24(27)25(29)20-13-7-4-8-14-20/h3-18,22,24H,2H2,1H3/b18-17+/t22-,24+,27?/m0/s1. The molecule has 1 unspecified atom stereocenters. The summed E-state index contributed by atoms with van der Waals surface area (Å²) < 4.78 is 0. The van der Waals surface area contributed by atoms with Gasteiger partial charge in [0.1, 0.15) is 0 Å². The molecule has 3 nitrogen and oxygen atoms in total. The van der Waals surface area contributed by atoms with E-state index in [9.17, 15) is 9.59 Å². The highest BCUT2D eigenvalue weighted by atomic mass is 16.2. The lowest BCUT2D eigenvalue weighted by molar-refractivity contribution is -0.120. The largest absolute Gasteiger partial charge is 0.312 e. The van der Waals surface area contributed by atoms with Crippen molar-refractivity contribution in [1.82, 2.24) is 0 Å². The van der Waals surface area contributed by atoms with Gasteiger partial charge in [-0.1, -0.05) is 91.0 Å². The van der Waals surface area contributed by atoms with Gasteiger partial charge in [-0.2, -0.15) is 0 Å². The molecule has 0 radical (unpaired) electrons. The normalized spacial score (nSPS) is 24.4. The van der Waals surface area contributed by atoms with Crippen LogP contribution in [0.2, 0.25) is 0 Å². The number of benzene rings is 3. The Balaban J connectivity index is 1.62. The van der Waals surface area contributed by atoms with Gasteiger partial charge < -0.3 is 4.90 Å². The molecule has 0 N–H and O–H groups in total. The fraction of sp³-hybridized carbons (Fsp3) is 0.185. The summed E-state index contributed by atoms with van der Waals surface area (Å²) in [5.41, 5.74) is 2.85. The number of carbonyl (C=O) groups excluding carboxylic acids is 2. The highest BCUT2D eigenvalue weighted by molar-refractivity contribution is 6.17. The van der Waals surface area contributed by atoms with Gasteiger partial charge in [-0.3, -0.25) is 9.59 Å². The molecule has 0 saturated heterocycles. The van der Waals surface area contributed by atoms with Crippen molar-refractivity contribution in [3.8, 4) is 0 Å². The van der Waals surface area contributed by atoms with E-state index in [1.54, 1.807) is 0 Å². The van der Waals surface area contributed by atoms with E-state index < -0.39 is 5.41 Å². The minimum absolute atomic E-state index is 0.0411. The zero-order valence-electron chi connectivity index (χ0n) is 16.9. The van der Waals surface area contributed by atoms with E-state index in [2.05, 4.69) is 6.08 Å². The van der Waals surface area contributed by atoms with E-state index in [0.717, 1.165) is 16.8 Å². The van der Waals surface area contributed by atoms with Gasteiger partial charge in [-0.25, -0.2) is 0 Å². The van der Waals surface area contributed by atoms with Crippen molar-refractivity contribution in [2.45, 2.75) is 12.3 Å².